The molecule has 0 fully saturated rings. The lowest BCUT2D eigenvalue weighted by Crippen LogP contribution is -2.34. The summed E-state index contributed by atoms with van der Waals surface area (Å²) in [5.74, 6) is 0. The summed E-state index contributed by atoms with van der Waals surface area (Å²) in [6, 6.07) is 69.6. The maximum Gasteiger partial charge on any atom is 0.0786 e. The average molecular weight is 795 g/mol. The Morgan fingerprint density at radius 2 is 0.903 bits per heavy atom. The molecule has 294 valence electrons. The molecular weight excluding hydrogens is 753 g/mol. The van der Waals surface area contributed by atoms with E-state index in [-0.39, 0.29) is 5.41 Å². The largest absolute Gasteiger partial charge is 0.341 e. The lowest BCUT2D eigenvalue weighted by Gasteiger charge is -2.41. The Morgan fingerprint density at radius 3 is 1.45 bits per heavy atom. The zero-order chi connectivity index (χ0) is 41.1. The normalized spacial score (nSPS) is 13.9. The molecule has 0 atom stereocenters. The first-order valence-corrected chi connectivity index (χ1v) is 21.8. The average Bonchev–Trinajstić information content (AvgIpc) is 3.84. The van der Waals surface area contributed by atoms with Crippen LogP contribution in [0.25, 0.3) is 99.6 Å². The van der Waals surface area contributed by atoms with Crippen LogP contribution in [-0.2, 0) is 5.41 Å². The summed E-state index contributed by atoms with van der Waals surface area (Å²) in [4.78, 5) is 7.86. The maximum atomic E-state index is 5.33. The van der Waals surface area contributed by atoms with Gasteiger partial charge in [-0.05, 0) is 101 Å². The highest BCUT2D eigenvalue weighted by Gasteiger charge is 2.36. The molecule has 0 bridgehead atoms. The molecule has 0 unspecified atom stereocenters. The quantitative estimate of drug-likeness (QED) is 0.178. The third-order valence-corrected chi connectivity index (χ3v) is 13.8. The zero-order valence-electron chi connectivity index (χ0n) is 34.7. The van der Waals surface area contributed by atoms with E-state index in [0.29, 0.717) is 0 Å². The Balaban J connectivity index is 1.24. The number of fused-ring (bicyclic) bond motifs is 15. The number of nitrogens with zero attached hydrogens (tertiary/aromatic N) is 4. The standard InChI is InChI=1S/C58H42N4/c1-58(2)32-34-60(37-17-4-3-5-18-37)54-36-45-43-24-15-31-53(62-50-28-12-8-21-40(50)41-22-9-13-29-51(41)62)56(43)55-42(44-25-16-33-59-57(44)46(45)35-47(54)58)23-14-30-52(55)61-48-26-10-6-19-38(48)39-20-7-11-27-49(39)61/h3-31,33,35-36H,32,34H2,1-2H3. The van der Waals surface area contributed by atoms with Crippen LogP contribution in [0.3, 0.4) is 0 Å². The molecule has 0 amide bonds. The number of para-hydroxylation sites is 5. The molecule has 13 rings (SSSR count). The van der Waals surface area contributed by atoms with E-state index in [4.69, 9.17) is 4.98 Å². The number of hydrogen-bond donors (Lipinski definition) is 0. The second-order valence-electron chi connectivity index (χ2n) is 17.6. The van der Waals surface area contributed by atoms with Gasteiger partial charge in [-0.15, -0.1) is 0 Å². The highest BCUT2D eigenvalue weighted by atomic mass is 15.1. The van der Waals surface area contributed by atoms with E-state index in [0.717, 1.165) is 46.7 Å². The van der Waals surface area contributed by atoms with Gasteiger partial charge in [0, 0.05) is 67.9 Å². The zero-order valence-corrected chi connectivity index (χ0v) is 34.7. The predicted octanol–water partition coefficient (Wildman–Crippen LogP) is 15.1. The molecule has 4 heterocycles. The Bertz CT molecular complexity index is 3520. The Kier molecular flexibility index (Phi) is 7.45. The van der Waals surface area contributed by atoms with Crippen LogP contribution in [0.5, 0.6) is 0 Å². The van der Waals surface area contributed by atoms with Crippen molar-refractivity contribution in [3.63, 3.8) is 0 Å². The third kappa shape index (κ3) is 4.92. The summed E-state index contributed by atoms with van der Waals surface area (Å²) in [6.45, 7) is 5.75. The van der Waals surface area contributed by atoms with Crippen molar-refractivity contribution in [3.8, 4) is 56.0 Å². The van der Waals surface area contributed by atoms with E-state index < -0.39 is 0 Å². The van der Waals surface area contributed by atoms with Gasteiger partial charge in [-0.25, -0.2) is 0 Å². The summed E-state index contributed by atoms with van der Waals surface area (Å²) in [6.07, 6.45) is 3.01. The molecule has 11 aromatic rings. The molecule has 8 aromatic carbocycles. The van der Waals surface area contributed by atoms with Gasteiger partial charge in [0.15, 0.2) is 0 Å². The highest BCUT2D eigenvalue weighted by molar-refractivity contribution is 6.14. The van der Waals surface area contributed by atoms with Crippen molar-refractivity contribution in [1.29, 1.82) is 0 Å². The summed E-state index contributed by atoms with van der Waals surface area (Å²) in [5.41, 5.74) is 20.0. The first kappa shape index (κ1) is 35.1. The van der Waals surface area contributed by atoms with Crippen molar-refractivity contribution < 1.29 is 0 Å². The van der Waals surface area contributed by atoms with E-state index in [1.54, 1.807) is 0 Å². The maximum absolute atomic E-state index is 5.33. The fourth-order valence-corrected chi connectivity index (χ4v) is 10.9. The smallest absolute Gasteiger partial charge is 0.0786 e. The minimum absolute atomic E-state index is 0.0395. The van der Waals surface area contributed by atoms with Crippen LogP contribution in [0.15, 0.2) is 194 Å². The highest BCUT2D eigenvalue weighted by Crippen LogP contribution is 2.55. The molecule has 2 aliphatic rings. The number of benzene rings is 8. The number of aromatic nitrogens is 3. The van der Waals surface area contributed by atoms with Gasteiger partial charge in [0.2, 0.25) is 0 Å². The molecule has 0 N–H and O–H groups in total. The van der Waals surface area contributed by atoms with Crippen LogP contribution < -0.4 is 4.90 Å². The minimum atomic E-state index is -0.0395. The van der Waals surface area contributed by atoms with Gasteiger partial charge in [-0.2, -0.15) is 0 Å². The van der Waals surface area contributed by atoms with Gasteiger partial charge < -0.3 is 14.0 Å². The van der Waals surface area contributed by atoms with E-state index in [1.165, 1.54) is 82.8 Å². The number of pyridine rings is 1. The molecule has 0 radical (unpaired) electrons. The van der Waals surface area contributed by atoms with Crippen LogP contribution >= 0.6 is 0 Å². The van der Waals surface area contributed by atoms with E-state index >= 15 is 0 Å². The first-order valence-electron chi connectivity index (χ1n) is 21.8. The predicted molar refractivity (Wildman–Crippen MR) is 259 cm³/mol. The molecule has 0 spiro atoms. The van der Waals surface area contributed by atoms with Gasteiger partial charge in [0.25, 0.3) is 0 Å². The first-order chi connectivity index (χ1) is 30.5. The van der Waals surface area contributed by atoms with Gasteiger partial charge in [0.1, 0.15) is 0 Å². The van der Waals surface area contributed by atoms with E-state index in [2.05, 4.69) is 216 Å². The summed E-state index contributed by atoms with van der Waals surface area (Å²) >= 11 is 0. The second kappa shape index (κ2) is 13.2. The Labute approximate surface area is 360 Å². The molecule has 62 heavy (non-hydrogen) atoms. The van der Waals surface area contributed by atoms with Crippen LogP contribution in [0.4, 0.5) is 11.4 Å². The molecule has 1 aliphatic heterocycles. The minimum Gasteiger partial charge on any atom is -0.341 e. The molecule has 1 aliphatic carbocycles. The monoisotopic (exact) mass is 794 g/mol. The van der Waals surface area contributed by atoms with Crippen molar-refractivity contribution in [1.82, 2.24) is 14.1 Å². The lowest BCUT2D eigenvalue weighted by molar-refractivity contribution is 0.467. The Morgan fingerprint density at radius 1 is 0.419 bits per heavy atom. The van der Waals surface area contributed by atoms with Crippen LogP contribution in [0, 0.1) is 0 Å². The van der Waals surface area contributed by atoms with Crippen molar-refractivity contribution in [3.05, 3.63) is 200 Å². The SMILES string of the molecule is CC1(C)CCN(c2ccccc2)c2cc3c(cc21)-c1ncccc1-c1cccc(-n2c4ccccc4c4ccccc42)c1-c1c-3cccc1-n1c2ccccc2c2ccccc21. The van der Waals surface area contributed by atoms with Crippen LogP contribution in [0.1, 0.15) is 25.8 Å². The summed E-state index contributed by atoms with van der Waals surface area (Å²) in [5, 5.41) is 4.97. The second-order valence-corrected chi connectivity index (χ2v) is 17.6. The van der Waals surface area contributed by atoms with Crippen molar-refractivity contribution in [2.45, 2.75) is 25.7 Å². The molecular formula is C58H42N4. The van der Waals surface area contributed by atoms with Gasteiger partial charge in [0.05, 0.1) is 39.1 Å². The molecule has 0 saturated carbocycles. The fourth-order valence-electron chi connectivity index (χ4n) is 10.9. The molecule has 0 saturated heterocycles. The van der Waals surface area contributed by atoms with Crippen molar-refractivity contribution in [2.24, 2.45) is 0 Å². The van der Waals surface area contributed by atoms with E-state index in [9.17, 15) is 0 Å². The fraction of sp³-hybridized carbons (Fsp3) is 0.0862. The van der Waals surface area contributed by atoms with Crippen LogP contribution in [0.2, 0.25) is 0 Å². The number of anilines is 2. The van der Waals surface area contributed by atoms with Gasteiger partial charge in [-0.3, -0.25) is 4.98 Å². The molecule has 4 heteroatoms. The molecule has 4 nitrogen and oxygen atoms in total. The van der Waals surface area contributed by atoms with Crippen molar-refractivity contribution >= 4 is 55.0 Å². The molecule has 3 aromatic heterocycles. The number of rotatable bonds is 3. The Hall–Kier alpha value is -7.69. The topological polar surface area (TPSA) is 26.0 Å². The van der Waals surface area contributed by atoms with Gasteiger partial charge >= 0.3 is 0 Å². The van der Waals surface area contributed by atoms with E-state index in [1.807, 2.05) is 6.20 Å². The van der Waals surface area contributed by atoms with Crippen molar-refractivity contribution in [2.75, 3.05) is 11.4 Å². The van der Waals surface area contributed by atoms with Gasteiger partial charge in [-0.1, -0.05) is 135 Å². The summed E-state index contributed by atoms with van der Waals surface area (Å²) < 4.78 is 5.01. The number of hydrogen-bond acceptors (Lipinski definition) is 2. The third-order valence-electron chi connectivity index (χ3n) is 13.8. The lowest BCUT2D eigenvalue weighted by atomic mass is 9.74. The van der Waals surface area contributed by atoms with Crippen LogP contribution in [-0.4, -0.2) is 20.7 Å². The summed E-state index contributed by atoms with van der Waals surface area (Å²) in [7, 11) is 0.